The molecule has 2 amide bonds. The van der Waals surface area contributed by atoms with Gasteiger partial charge < -0.3 is 15.0 Å². The number of aromatic nitrogens is 1. The van der Waals surface area contributed by atoms with Crippen LogP contribution in [-0.4, -0.2) is 40.9 Å². The molecule has 1 aromatic heterocycles. The third-order valence-electron chi connectivity index (χ3n) is 3.73. The van der Waals surface area contributed by atoms with E-state index in [1.54, 1.807) is 40.7 Å². The lowest BCUT2D eigenvalue weighted by atomic mass is 10.2. The molecule has 0 bridgehead atoms. The molecule has 1 fully saturated rings. The lowest BCUT2D eigenvalue weighted by Gasteiger charge is -2.23. The smallest absolute Gasteiger partial charge is 0.261 e. The van der Waals surface area contributed by atoms with Crippen LogP contribution in [0.5, 0.6) is 5.75 Å². The number of hydrogen-bond donors (Lipinski definition) is 1. The minimum Gasteiger partial charge on any atom is -0.482 e. The Kier molecular flexibility index (Phi) is 5.32. The summed E-state index contributed by atoms with van der Waals surface area (Å²) in [6.45, 7) is 0.394. The van der Waals surface area contributed by atoms with Crippen molar-refractivity contribution in [3.8, 4) is 5.75 Å². The fourth-order valence-corrected chi connectivity index (χ4v) is 3.32. The number of carbonyl (C=O) groups excluding carboxylic acids is 2. The molecule has 8 heteroatoms. The predicted molar refractivity (Wildman–Crippen MR) is 92.4 cm³/mol. The highest BCUT2D eigenvalue weighted by atomic mass is 35.5. The first-order valence-electron chi connectivity index (χ1n) is 7.52. The third-order valence-corrected chi connectivity index (χ3v) is 4.73. The van der Waals surface area contributed by atoms with Gasteiger partial charge in [-0.3, -0.25) is 9.59 Å². The van der Waals surface area contributed by atoms with Crippen LogP contribution in [0.25, 0.3) is 0 Å². The van der Waals surface area contributed by atoms with Gasteiger partial charge in [0.15, 0.2) is 11.7 Å². The fraction of sp³-hybridized carbons (Fsp3) is 0.312. The first-order valence-corrected chi connectivity index (χ1v) is 8.78. The second-order valence-corrected chi connectivity index (χ2v) is 6.59. The van der Waals surface area contributed by atoms with Gasteiger partial charge in [0, 0.05) is 18.1 Å². The fourth-order valence-electron chi connectivity index (χ4n) is 2.60. The van der Waals surface area contributed by atoms with Gasteiger partial charge in [0.2, 0.25) is 5.91 Å². The van der Waals surface area contributed by atoms with Crippen molar-refractivity contribution in [3.05, 3.63) is 40.9 Å². The van der Waals surface area contributed by atoms with Gasteiger partial charge in [-0.05, 0) is 25.0 Å². The van der Waals surface area contributed by atoms with Crippen LogP contribution < -0.4 is 10.1 Å². The van der Waals surface area contributed by atoms with E-state index in [1.807, 2.05) is 0 Å². The number of rotatable bonds is 5. The topological polar surface area (TPSA) is 71.5 Å². The van der Waals surface area contributed by atoms with E-state index >= 15 is 0 Å². The van der Waals surface area contributed by atoms with Crippen LogP contribution >= 0.6 is 22.9 Å². The molecule has 1 unspecified atom stereocenters. The normalized spacial score (nSPS) is 16.9. The van der Waals surface area contributed by atoms with E-state index in [0.29, 0.717) is 28.9 Å². The lowest BCUT2D eigenvalue weighted by molar-refractivity contribution is -0.138. The minimum atomic E-state index is -0.490. The molecule has 1 atom stereocenters. The third kappa shape index (κ3) is 3.85. The molecule has 2 heterocycles. The Hall–Kier alpha value is -2.12. The summed E-state index contributed by atoms with van der Waals surface area (Å²) in [5.41, 5.74) is 0. The number of para-hydroxylation sites is 1. The molecular weight excluding hydrogens is 350 g/mol. The molecule has 2 aromatic rings. The number of nitrogens with zero attached hydrogens (tertiary/aromatic N) is 2. The molecule has 0 aliphatic carbocycles. The van der Waals surface area contributed by atoms with E-state index in [0.717, 1.165) is 6.42 Å². The van der Waals surface area contributed by atoms with Crippen molar-refractivity contribution in [2.75, 3.05) is 18.5 Å². The Morgan fingerprint density at radius 2 is 2.25 bits per heavy atom. The van der Waals surface area contributed by atoms with Crippen molar-refractivity contribution in [1.82, 2.24) is 9.88 Å². The van der Waals surface area contributed by atoms with Crippen molar-refractivity contribution >= 4 is 39.9 Å². The van der Waals surface area contributed by atoms with Crippen molar-refractivity contribution in [1.29, 1.82) is 0 Å². The highest BCUT2D eigenvalue weighted by Gasteiger charge is 2.34. The number of halogens is 1. The van der Waals surface area contributed by atoms with Crippen LogP contribution in [0.15, 0.2) is 35.8 Å². The molecule has 1 aromatic carbocycles. The standard InChI is InChI=1S/C16H16ClN3O3S/c17-11-4-1-2-6-13(11)23-10-14(21)20-8-3-5-12(20)15(22)19-16-18-7-9-24-16/h1-2,4,6-7,9,12H,3,5,8,10H2,(H,18,19,22). The second kappa shape index (κ2) is 7.63. The molecule has 6 nitrogen and oxygen atoms in total. The molecule has 1 aliphatic rings. The molecule has 3 rings (SSSR count). The summed E-state index contributed by atoms with van der Waals surface area (Å²) in [4.78, 5) is 30.4. The number of benzene rings is 1. The van der Waals surface area contributed by atoms with Gasteiger partial charge >= 0.3 is 0 Å². The number of amides is 2. The van der Waals surface area contributed by atoms with E-state index in [9.17, 15) is 9.59 Å². The minimum absolute atomic E-state index is 0.148. The maximum absolute atomic E-state index is 12.4. The Morgan fingerprint density at radius 3 is 3.00 bits per heavy atom. The first-order chi connectivity index (χ1) is 11.6. The summed E-state index contributed by atoms with van der Waals surface area (Å²) in [5, 5.41) is 5.51. The number of anilines is 1. The van der Waals surface area contributed by atoms with E-state index < -0.39 is 6.04 Å². The van der Waals surface area contributed by atoms with E-state index in [1.165, 1.54) is 11.3 Å². The molecule has 1 N–H and O–H groups in total. The zero-order chi connectivity index (χ0) is 16.9. The highest BCUT2D eigenvalue weighted by molar-refractivity contribution is 7.13. The monoisotopic (exact) mass is 365 g/mol. The van der Waals surface area contributed by atoms with Crippen molar-refractivity contribution < 1.29 is 14.3 Å². The zero-order valence-corrected chi connectivity index (χ0v) is 14.3. The van der Waals surface area contributed by atoms with Gasteiger partial charge in [-0.2, -0.15) is 0 Å². The van der Waals surface area contributed by atoms with Crippen LogP contribution in [0, 0.1) is 0 Å². The molecular formula is C16H16ClN3O3S. The average molecular weight is 366 g/mol. The van der Waals surface area contributed by atoms with Gasteiger partial charge in [-0.1, -0.05) is 23.7 Å². The van der Waals surface area contributed by atoms with E-state index in [2.05, 4.69) is 10.3 Å². The number of carbonyl (C=O) groups is 2. The maximum atomic E-state index is 12.4. The molecule has 126 valence electrons. The molecule has 1 aliphatic heterocycles. The van der Waals surface area contributed by atoms with Gasteiger partial charge in [0.05, 0.1) is 5.02 Å². The van der Waals surface area contributed by atoms with Crippen molar-refractivity contribution in [2.24, 2.45) is 0 Å². The number of thiazole rings is 1. The van der Waals surface area contributed by atoms with E-state index in [4.69, 9.17) is 16.3 Å². The molecule has 0 saturated carbocycles. The first kappa shape index (κ1) is 16.7. The SMILES string of the molecule is O=C(Nc1nccs1)C1CCCN1C(=O)COc1ccccc1Cl. The second-order valence-electron chi connectivity index (χ2n) is 5.29. The quantitative estimate of drug-likeness (QED) is 0.884. The summed E-state index contributed by atoms with van der Waals surface area (Å²) in [7, 11) is 0. The Bertz CT molecular complexity index is 723. The summed E-state index contributed by atoms with van der Waals surface area (Å²) < 4.78 is 5.48. The maximum Gasteiger partial charge on any atom is 0.261 e. The van der Waals surface area contributed by atoms with Gasteiger partial charge in [-0.25, -0.2) is 4.98 Å². The van der Waals surface area contributed by atoms with Crippen LogP contribution in [0.1, 0.15) is 12.8 Å². The molecule has 0 radical (unpaired) electrons. The summed E-state index contributed by atoms with van der Waals surface area (Å²) in [6.07, 6.45) is 3.04. The molecule has 24 heavy (non-hydrogen) atoms. The average Bonchev–Trinajstić information content (AvgIpc) is 3.25. The number of hydrogen-bond acceptors (Lipinski definition) is 5. The van der Waals surface area contributed by atoms with Crippen LogP contribution in [0.4, 0.5) is 5.13 Å². The van der Waals surface area contributed by atoms with Crippen molar-refractivity contribution in [3.63, 3.8) is 0 Å². The van der Waals surface area contributed by atoms with Crippen LogP contribution in [0.3, 0.4) is 0 Å². The Balaban J connectivity index is 1.59. The summed E-state index contributed by atoms with van der Waals surface area (Å²) in [6, 6.07) is 6.48. The largest absolute Gasteiger partial charge is 0.482 e. The van der Waals surface area contributed by atoms with E-state index in [-0.39, 0.29) is 18.4 Å². The molecule has 1 saturated heterocycles. The van der Waals surface area contributed by atoms with Gasteiger partial charge in [-0.15, -0.1) is 11.3 Å². The Labute approximate surface area is 148 Å². The summed E-state index contributed by atoms with van der Waals surface area (Å²) in [5.74, 6) is 0.00996. The van der Waals surface area contributed by atoms with Crippen LogP contribution in [0.2, 0.25) is 5.02 Å². The van der Waals surface area contributed by atoms with Crippen LogP contribution in [-0.2, 0) is 9.59 Å². The van der Waals surface area contributed by atoms with Crippen molar-refractivity contribution in [2.45, 2.75) is 18.9 Å². The number of nitrogens with one attached hydrogen (secondary N) is 1. The lowest BCUT2D eigenvalue weighted by Crippen LogP contribution is -2.45. The summed E-state index contributed by atoms with van der Waals surface area (Å²) >= 11 is 7.35. The number of ether oxygens (including phenoxy) is 1. The highest BCUT2D eigenvalue weighted by Crippen LogP contribution is 2.24. The van der Waals surface area contributed by atoms with Gasteiger partial charge in [0.25, 0.3) is 5.91 Å². The molecule has 0 spiro atoms. The number of likely N-dealkylation sites (tertiary alicyclic amines) is 1. The predicted octanol–water partition coefficient (Wildman–Crippen LogP) is 2.81. The zero-order valence-electron chi connectivity index (χ0n) is 12.8. The van der Waals surface area contributed by atoms with Gasteiger partial charge in [0.1, 0.15) is 11.8 Å². The Morgan fingerprint density at radius 1 is 1.42 bits per heavy atom.